The molecule has 0 saturated heterocycles. The zero-order chi connectivity index (χ0) is 24.7. The highest BCUT2D eigenvalue weighted by atomic mass is 35.5. The van der Waals surface area contributed by atoms with Gasteiger partial charge in [0.15, 0.2) is 5.69 Å². The van der Waals surface area contributed by atoms with Gasteiger partial charge in [-0.05, 0) is 60.9 Å². The van der Waals surface area contributed by atoms with Crippen molar-refractivity contribution in [3.8, 4) is 28.1 Å². The minimum Gasteiger partial charge on any atom is -0.489 e. The normalized spacial score (nSPS) is 12.2. The third-order valence-electron chi connectivity index (χ3n) is 4.91. The predicted molar refractivity (Wildman–Crippen MR) is 114 cm³/mol. The van der Waals surface area contributed by atoms with E-state index in [4.69, 9.17) is 16.3 Å². The average Bonchev–Trinajstić information content (AvgIpc) is 3.08. The molecule has 1 heterocycles. The highest BCUT2D eigenvalue weighted by molar-refractivity contribution is 6.31. The van der Waals surface area contributed by atoms with Crippen LogP contribution < -0.4 is 4.74 Å². The Kier molecular flexibility index (Phi) is 6.57. The Hall–Kier alpha value is -2.94. The molecule has 1 aromatic heterocycles. The van der Waals surface area contributed by atoms with Crippen molar-refractivity contribution in [3.05, 3.63) is 70.4 Å². The van der Waals surface area contributed by atoms with Crippen LogP contribution in [0.3, 0.4) is 0 Å². The van der Waals surface area contributed by atoms with Crippen molar-refractivity contribution in [3.63, 3.8) is 0 Å². The van der Waals surface area contributed by atoms with Gasteiger partial charge in [-0.2, -0.15) is 31.4 Å². The van der Waals surface area contributed by atoms with Crippen molar-refractivity contribution in [2.45, 2.75) is 26.2 Å². The van der Waals surface area contributed by atoms with E-state index in [1.807, 2.05) is 0 Å². The van der Waals surface area contributed by atoms with E-state index < -0.39 is 28.6 Å². The van der Waals surface area contributed by atoms with Crippen LogP contribution in [-0.4, -0.2) is 16.4 Å². The molecule has 0 aliphatic carbocycles. The lowest BCUT2D eigenvalue weighted by molar-refractivity contribution is -0.141. The van der Waals surface area contributed by atoms with Gasteiger partial charge in [0, 0.05) is 18.2 Å². The van der Waals surface area contributed by atoms with Gasteiger partial charge in [0.1, 0.15) is 12.4 Å². The molecule has 2 aromatic carbocycles. The van der Waals surface area contributed by atoms with Gasteiger partial charge in [0.25, 0.3) is 0 Å². The highest BCUT2D eigenvalue weighted by Gasteiger charge is 2.36. The molecule has 0 spiro atoms. The molecule has 3 aromatic rings. The van der Waals surface area contributed by atoms with E-state index in [-0.39, 0.29) is 23.6 Å². The molecule has 0 aliphatic rings. The molecule has 10 heteroatoms. The van der Waals surface area contributed by atoms with Gasteiger partial charge in [-0.1, -0.05) is 24.2 Å². The molecule has 176 valence electrons. The van der Waals surface area contributed by atoms with E-state index in [2.05, 4.69) is 11.7 Å². The van der Waals surface area contributed by atoms with Gasteiger partial charge in [0.2, 0.25) is 0 Å². The van der Waals surface area contributed by atoms with Gasteiger partial charge in [-0.25, -0.2) is 0 Å². The highest BCUT2D eigenvalue weighted by Crippen LogP contribution is 2.43. The van der Waals surface area contributed by atoms with E-state index in [1.54, 1.807) is 19.9 Å². The van der Waals surface area contributed by atoms with Crippen LogP contribution in [0.25, 0.3) is 22.4 Å². The van der Waals surface area contributed by atoms with Crippen LogP contribution in [0.2, 0.25) is 5.02 Å². The van der Waals surface area contributed by atoms with Crippen molar-refractivity contribution in [2.24, 2.45) is 7.05 Å². The zero-order valence-electron chi connectivity index (χ0n) is 17.8. The van der Waals surface area contributed by atoms with Gasteiger partial charge < -0.3 is 4.74 Å². The standard InChI is InChI=1S/C23H19ClF6N2O/c1-12(2)11-33-19-8-6-15(18-10-20(23(28,29)30)31-32(18)4)13(3)21(19)14-5-7-17(24)16(9-14)22(25,26)27/h5-10H,1,11H2,2-4H3. The summed E-state index contributed by atoms with van der Waals surface area (Å²) in [5.74, 6) is 0.257. The van der Waals surface area contributed by atoms with Gasteiger partial charge in [0.05, 0.1) is 16.3 Å². The molecule has 0 bridgehead atoms. The van der Waals surface area contributed by atoms with Crippen LogP contribution in [0, 0.1) is 6.92 Å². The van der Waals surface area contributed by atoms with Crippen LogP contribution in [0.4, 0.5) is 26.3 Å². The molecule has 0 fully saturated rings. The first-order valence-electron chi connectivity index (χ1n) is 9.59. The monoisotopic (exact) mass is 488 g/mol. The first-order chi connectivity index (χ1) is 15.2. The Balaban J connectivity index is 2.26. The molecule has 0 amide bonds. The molecule has 0 saturated carbocycles. The first-order valence-corrected chi connectivity index (χ1v) is 9.97. The summed E-state index contributed by atoms with van der Waals surface area (Å²) >= 11 is 5.76. The second-order valence-corrected chi connectivity index (χ2v) is 7.99. The second kappa shape index (κ2) is 8.78. The number of benzene rings is 2. The van der Waals surface area contributed by atoms with Crippen LogP contribution in [-0.2, 0) is 19.4 Å². The van der Waals surface area contributed by atoms with Crippen molar-refractivity contribution in [1.82, 2.24) is 9.78 Å². The third-order valence-corrected chi connectivity index (χ3v) is 5.24. The summed E-state index contributed by atoms with van der Waals surface area (Å²) in [6.07, 6.45) is -9.34. The molecule has 0 radical (unpaired) electrons. The predicted octanol–water partition coefficient (Wildman–Crippen LogP) is 7.71. The maximum atomic E-state index is 13.5. The number of aromatic nitrogens is 2. The van der Waals surface area contributed by atoms with Crippen LogP contribution in [0.1, 0.15) is 23.7 Å². The largest absolute Gasteiger partial charge is 0.489 e. The van der Waals surface area contributed by atoms with Crippen molar-refractivity contribution in [2.75, 3.05) is 6.61 Å². The Labute approximate surface area is 191 Å². The Morgan fingerprint density at radius 3 is 2.27 bits per heavy atom. The minimum atomic E-state index is -4.69. The molecule has 3 rings (SSSR count). The minimum absolute atomic E-state index is 0.107. The van der Waals surface area contributed by atoms with Gasteiger partial charge in [-0.3, -0.25) is 4.68 Å². The Bertz CT molecular complexity index is 1210. The summed E-state index contributed by atoms with van der Waals surface area (Å²) in [5, 5.41) is 3.06. The number of rotatable bonds is 5. The smallest absolute Gasteiger partial charge is 0.435 e. The van der Waals surface area contributed by atoms with E-state index >= 15 is 0 Å². The molecule has 0 aliphatic heterocycles. The average molecular weight is 489 g/mol. The molecule has 0 atom stereocenters. The number of halogens is 7. The van der Waals surface area contributed by atoms with Crippen LogP contribution in [0.15, 0.2) is 48.6 Å². The summed E-state index contributed by atoms with van der Waals surface area (Å²) < 4.78 is 86.7. The fraction of sp³-hybridized carbons (Fsp3) is 0.261. The first kappa shape index (κ1) is 24.7. The third kappa shape index (κ3) is 5.19. The number of nitrogens with zero attached hydrogens (tertiary/aromatic N) is 2. The fourth-order valence-electron chi connectivity index (χ4n) is 3.40. The molecular formula is C23H19ClF6N2O. The van der Waals surface area contributed by atoms with Gasteiger partial charge >= 0.3 is 12.4 Å². The van der Waals surface area contributed by atoms with Crippen molar-refractivity contribution >= 4 is 11.6 Å². The number of alkyl halides is 6. The summed E-state index contributed by atoms with van der Waals surface area (Å²) in [4.78, 5) is 0. The number of aryl methyl sites for hydroxylation is 1. The topological polar surface area (TPSA) is 27.1 Å². The summed E-state index contributed by atoms with van der Waals surface area (Å²) in [6, 6.07) is 7.37. The Morgan fingerprint density at radius 1 is 1.06 bits per heavy atom. The number of ether oxygens (including phenoxy) is 1. The van der Waals surface area contributed by atoms with Crippen LogP contribution >= 0.6 is 11.6 Å². The number of hydrogen-bond acceptors (Lipinski definition) is 2. The van der Waals surface area contributed by atoms with E-state index in [9.17, 15) is 26.3 Å². The molecule has 0 N–H and O–H groups in total. The molecule has 0 unspecified atom stereocenters. The van der Waals surface area contributed by atoms with E-state index in [0.29, 0.717) is 22.3 Å². The SMILES string of the molecule is C=C(C)COc1ccc(-c2cc(C(F)(F)F)nn2C)c(C)c1-c1ccc(Cl)c(C(F)(F)F)c1. The fourth-order valence-corrected chi connectivity index (χ4v) is 3.62. The summed E-state index contributed by atoms with van der Waals surface area (Å²) in [5.41, 5.74) is -0.0462. The molecule has 33 heavy (non-hydrogen) atoms. The number of hydrogen-bond donors (Lipinski definition) is 0. The summed E-state index contributed by atoms with van der Waals surface area (Å²) in [6.45, 7) is 7.17. The van der Waals surface area contributed by atoms with Crippen molar-refractivity contribution in [1.29, 1.82) is 0 Å². The maximum absolute atomic E-state index is 13.5. The van der Waals surface area contributed by atoms with Crippen LogP contribution in [0.5, 0.6) is 5.75 Å². The lowest BCUT2D eigenvalue weighted by Gasteiger charge is -2.19. The van der Waals surface area contributed by atoms with E-state index in [0.717, 1.165) is 22.9 Å². The van der Waals surface area contributed by atoms with Crippen molar-refractivity contribution < 1.29 is 31.1 Å². The quantitative estimate of drug-likeness (QED) is 0.272. The molecular weight excluding hydrogens is 470 g/mol. The van der Waals surface area contributed by atoms with E-state index in [1.165, 1.54) is 19.2 Å². The second-order valence-electron chi connectivity index (χ2n) is 7.59. The summed E-state index contributed by atoms with van der Waals surface area (Å²) in [7, 11) is 1.36. The van der Waals surface area contributed by atoms with Gasteiger partial charge in [-0.15, -0.1) is 0 Å². The maximum Gasteiger partial charge on any atom is 0.435 e. The lowest BCUT2D eigenvalue weighted by Crippen LogP contribution is -2.07. The molecule has 3 nitrogen and oxygen atoms in total. The lowest BCUT2D eigenvalue weighted by atomic mass is 9.92. The zero-order valence-corrected chi connectivity index (χ0v) is 18.6. The Morgan fingerprint density at radius 2 is 1.73 bits per heavy atom.